The van der Waals surface area contributed by atoms with Gasteiger partial charge < -0.3 is 20.9 Å². The molecule has 2 unspecified atom stereocenters. The first kappa shape index (κ1) is 18.0. The van der Waals surface area contributed by atoms with E-state index in [0.29, 0.717) is 19.4 Å². The van der Waals surface area contributed by atoms with Gasteiger partial charge in [0.15, 0.2) is 0 Å². The Morgan fingerprint density at radius 3 is 2.37 bits per heavy atom. The van der Waals surface area contributed by atoms with Crippen LogP contribution in [0.1, 0.15) is 33.6 Å². The summed E-state index contributed by atoms with van der Waals surface area (Å²) in [5.41, 5.74) is 4.91. The van der Waals surface area contributed by atoms with Gasteiger partial charge in [0, 0.05) is 11.8 Å². The second-order valence-electron chi connectivity index (χ2n) is 5.26. The number of ether oxygens (including phenoxy) is 1. The molecule has 0 aliphatic carbocycles. The Labute approximate surface area is 118 Å². The highest BCUT2D eigenvalue weighted by Crippen LogP contribution is 2.14. The second kappa shape index (κ2) is 8.27. The lowest BCUT2D eigenvalue weighted by molar-refractivity contribution is -0.138. The molecule has 0 aliphatic rings. The van der Waals surface area contributed by atoms with Crippen LogP contribution in [0.25, 0.3) is 0 Å². The fraction of sp³-hybridized carbons (Fsp3) is 0.833. The molecule has 0 aromatic rings. The zero-order valence-electron chi connectivity index (χ0n) is 11.9. The monoisotopic (exact) mass is 292 g/mol. The quantitative estimate of drug-likeness (QED) is 0.656. The Morgan fingerprint density at radius 2 is 1.95 bits per heavy atom. The number of carbonyl (C=O) groups excluding carboxylic acids is 1. The smallest absolute Gasteiger partial charge is 0.407 e. The van der Waals surface area contributed by atoms with Crippen molar-refractivity contribution in [2.24, 2.45) is 5.73 Å². The number of carbonyl (C=O) groups is 2. The standard InChI is InChI=1S/C12H24N2O4S/c1-12(2,3)18-11(17)14-7-8(19-4)5-6-9(13)10(15)16/h8-9H,5-7,13H2,1-4H3,(H,14,17)(H,15,16). The van der Waals surface area contributed by atoms with Gasteiger partial charge in [-0.15, -0.1) is 0 Å². The van der Waals surface area contributed by atoms with Gasteiger partial charge >= 0.3 is 12.1 Å². The van der Waals surface area contributed by atoms with Gasteiger partial charge in [0.25, 0.3) is 0 Å². The van der Waals surface area contributed by atoms with Crippen LogP contribution in [0.15, 0.2) is 0 Å². The maximum Gasteiger partial charge on any atom is 0.407 e. The molecule has 0 aromatic carbocycles. The number of hydrogen-bond acceptors (Lipinski definition) is 5. The Morgan fingerprint density at radius 1 is 1.37 bits per heavy atom. The lowest BCUT2D eigenvalue weighted by atomic mass is 10.1. The van der Waals surface area contributed by atoms with Crippen molar-refractivity contribution < 1.29 is 19.4 Å². The van der Waals surface area contributed by atoms with Crippen molar-refractivity contribution in [3.63, 3.8) is 0 Å². The zero-order valence-corrected chi connectivity index (χ0v) is 12.8. The van der Waals surface area contributed by atoms with Crippen LogP contribution >= 0.6 is 11.8 Å². The SMILES string of the molecule is CSC(CCC(N)C(=O)O)CNC(=O)OC(C)(C)C. The molecule has 0 heterocycles. The van der Waals surface area contributed by atoms with Crippen LogP contribution < -0.4 is 11.1 Å². The van der Waals surface area contributed by atoms with Gasteiger partial charge in [-0.3, -0.25) is 4.79 Å². The van der Waals surface area contributed by atoms with Crippen molar-refractivity contribution >= 4 is 23.8 Å². The number of carboxylic acids is 1. The maximum absolute atomic E-state index is 11.5. The van der Waals surface area contributed by atoms with E-state index in [1.54, 1.807) is 32.5 Å². The van der Waals surface area contributed by atoms with Crippen LogP contribution in [-0.2, 0) is 9.53 Å². The van der Waals surface area contributed by atoms with E-state index < -0.39 is 23.7 Å². The molecule has 0 radical (unpaired) electrons. The minimum absolute atomic E-state index is 0.123. The minimum Gasteiger partial charge on any atom is -0.480 e. The summed E-state index contributed by atoms with van der Waals surface area (Å²) >= 11 is 1.56. The molecule has 7 heteroatoms. The molecule has 2 atom stereocenters. The fourth-order valence-electron chi connectivity index (χ4n) is 1.30. The molecule has 0 fully saturated rings. The van der Waals surface area contributed by atoms with E-state index in [-0.39, 0.29) is 5.25 Å². The van der Waals surface area contributed by atoms with Crippen molar-refractivity contribution in [2.45, 2.75) is 50.5 Å². The van der Waals surface area contributed by atoms with Gasteiger partial charge in [-0.2, -0.15) is 11.8 Å². The van der Waals surface area contributed by atoms with Crippen molar-refractivity contribution in [3.05, 3.63) is 0 Å². The number of nitrogens with two attached hydrogens (primary N) is 1. The van der Waals surface area contributed by atoms with Gasteiger partial charge in [-0.1, -0.05) is 0 Å². The Kier molecular flexibility index (Phi) is 7.85. The van der Waals surface area contributed by atoms with Gasteiger partial charge in [0.1, 0.15) is 11.6 Å². The molecule has 0 rings (SSSR count). The van der Waals surface area contributed by atoms with Crippen molar-refractivity contribution in [1.82, 2.24) is 5.32 Å². The van der Waals surface area contributed by atoms with Crippen LogP contribution in [0.5, 0.6) is 0 Å². The van der Waals surface area contributed by atoms with E-state index in [0.717, 1.165) is 0 Å². The van der Waals surface area contributed by atoms with Crippen LogP contribution in [0, 0.1) is 0 Å². The summed E-state index contributed by atoms with van der Waals surface area (Å²) < 4.78 is 5.12. The molecule has 0 aromatic heterocycles. The van der Waals surface area contributed by atoms with Gasteiger partial charge in [0.05, 0.1) is 0 Å². The summed E-state index contributed by atoms with van der Waals surface area (Å²) in [6.45, 7) is 5.82. The summed E-state index contributed by atoms with van der Waals surface area (Å²) in [5.74, 6) is -1.00. The third-order valence-electron chi connectivity index (χ3n) is 2.32. The molecule has 6 nitrogen and oxygen atoms in total. The predicted molar refractivity (Wildman–Crippen MR) is 76.4 cm³/mol. The van der Waals surface area contributed by atoms with E-state index in [2.05, 4.69) is 5.32 Å². The third-order valence-corrected chi connectivity index (χ3v) is 3.39. The first-order valence-corrected chi connectivity index (χ1v) is 7.42. The highest BCUT2D eigenvalue weighted by molar-refractivity contribution is 7.99. The minimum atomic E-state index is -1.00. The zero-order chi connectivity index (χ0) is 15.1. The topological polar surface area (TPSA) is 102 Å². The number of rotatable bonds is 7. The largest absolute Gasteiger partial charge is 0.480 e. The average Bonchev–Trinajstić information content (AvgIpc) is 2.26. The molecule has 0 saturated heterocycles. The van der Waals surface area contributed by atoms with Crippen molar-refractivity contribution in [3.8, 4) is 0 Å². The van der Waals surface area contributed by atoms with Crippen LogP contribution in [0.4, 0.5) is 4.79 Å². The van der Waals surface area contributed by atoms with Crippen LogP contribution in [0.3, 0.4) is 0 Å². The number of nitrogens with one attached hydrogen (secondary N) is 1. The van der Waals surface area contributed by atoms with Gasteiger partial charge in [-0.25, -0.2) is 4.79 Å². The van der Waals surface area contributed by atoms with Gasteiger partial charge in [0.2, 0.25) is 0 Å². The number of carboxylic acid groups (broad SMARTS) is 1. The molecular weight excluding hydrogens is 268 g/mol. The van der Waals surface area contributed by atoms with Crippen LogP contribution in [-0.4, -0.2) is 46.9 Å². The molecule has 19 heavy (non-hydrogen) atoms. The Balaban J connectivity index is 4.00. The number of thioether (sulfide) groups is 1. The van der Waals surface area contributed by atoms with Gasteiger partial charge in [-0.05, 0) is 39.9 Å². The first-order valence-electron chi connectivity index (χ1n) is 6.13. The molecule has 112 valence electrons. The molecule has 1 amide bonds. The molecular formula is C12H24N2O4S. The second-order valence-corrected chi connectivity index (χ2v) is 6.40. The number of aliphatic carboxylic acids is 1. The third kappa shape index (κ3) is 9.61. The summed E-state index contributed by atoms with van der Waals surface area (Å²) in [4.78, 5) is 22.1. The van der Waals surface area contributed by atoms with E-state index in [4.69, 9.17) is 15.6 Å². The number of alkyl carbamates (subject to hydrolysis) is 1. The van der Waals surface area contributed by atoms with E-state index in [1.165, 1.54) is 0 Å². The van der Waals surface area contributed by atoms with E-state index in [9.17, 15) is 9.59 Å². The summed E-state index contributed by atoms with van der Waals surface area (Å²) in [5, 5.41) is 11.5. The normalized spacial score (nSPS) is 14.6. The molecule has 0 bridgehead atoms. The molecule has 0 aliphatic heterocycles. The highest BCUT2D eigenvalue weighted by Gasteiger charge is 2.18. The number of hydrogen-bond donors (Lipinski definition) is 3. The molecule has 0 saturated carbocycles. The Bertz CT molecular complexity index is 305. The summed E-state index contributed by atoms with van der Waals surface area (Å²) in [7, 11) is 0. The van der Waals surface area contributed by atoms with E-state index in [1.807, 2.05) is 6.26 Å². The molecule has 4 N–H and O–H groups in total. The molecule has 0 spiro atoms. The lowest BCUT2D eigenvalue weighted by Crippen LogP contribution is -2.37. The number of amides is 1. The van der Waals surface area contributed by atoms with E-state index >= 15 is 0 Å². The summed E-state index contributed by atoms with van der Waals surface area (Å²) in [6.07, 6.45) is 2.46. The first-order chi connectivity index (χ1) is 8.65. The van der Waals surface area contributed by atoms with Crippen molar-refractivity contribution in [2.75, 3.05) is 12.8 Å². The Hall–Kier alpha value is -0.950. The van der Waals surface area contributed by atoms with Crippen LogP contribution in [0.2, 0.25) is 0 Å². The lowest BCUT2D eigenvalue weighted by Gasteiger charge is -2.21. The summed E-state index contributed by atoms with van der Waals surface area (Å²) in [6, 6.07) is -0.851. The average molecular weight is 292 g/mol. The maximum atomic E-state index is 11.5. The predicted octanol–water partition coefficient (Wildman–Crippen LogP) is 1.43. The van der Waals surface area contributed by atoms with Crippen molar-refractivity contribution in [1.29, 1.82) is 0 Å². The highest BCUT2D eigenvalue weighted by atomic mass is 32.2. The fourth-order valence-corrected chi connectivity index (χ4v) is 1.93.